The minimum Gasteiger partial charge on any atom is -0.296 e. The van der Waals surface area contributed by atoms with Crippen LogP contribution >= 0.6 is 0 Å². The molecule has 0 amide bonds. The highest BCUT2D eigenvalue weighted by molar-refractivity contribution is 5.84. The van der Waals surface area contributed by atoms with Crippen LogP contribution in [0.1, 0.15) is 39.0 Å². The molecular formula is C10H15FO. The van der Waals surface area contributed by atoms with E-state index >= 15 is 0 Å². The van der Waals surface area contributed by atoms with Gasteiger partial charge >= 0.3 is 0 Å². The maximum atomic E-state index is 13.1. The number of alkyl halides is 1. The summed E-state index contributed by atoms with van der Waals surface area (Å²) in [6.07, 6.45) is 3.25. The molecule has 0 radical (unpaired) electrons. The molecule has 0 aliphatic heterocycles. The first-order valence-corrected chi connectivity index (χ1v) is 4.79. The molecule has 0 N–H and O–H groups in total. The zero-order valence-corrected chi connectivity index (χ0v) is 7.48. The summed E-state index contributed by atoms with van der Waals surface area (Å²) in [6, 6.07) is 0. The van der Waals surface area contributed by atoms with Crippen LogP contribution in [0.3, 0.4) is 0 Å². The summed E-state index contributed by atoms with van der Waals surface area (Å²) < 4.78 is 13.1. The van der Waals surface area contributed by atoms with Crippen molar-refractivity contribution in [3.63, 3.8) is 0 Å². The average Bonchev–Trinajstić information content (AvgIpc) is 2.32. The number of rotatable bonds is 0. The van der Waals surface area contributed by atoms with Gasteiger partial charge in [-0.25, -0.2) is 4.39 Å². The van der Waals surface area contributed by atoms with E-state index in [1.165, 1.54) is 6.42 Å². The van der Waals surface area contributed by atoms with E-state index in [1.807, 2.05) is 0 Å². The molecule has 0 aromatic heterocycles. The van der Waals surface area contributed by atoms with Gasteiger partial charge in [-0.2, -0.15) is 0 Å². The third kappa shape index (κ3) is 1.08. The van der Waals surface area contributed by atoms with Crippen LogP contribution in [-0.4, -0.2) is 12.0 Å². The minimum atomic E-state index is -1.16. The first kappa shape index (κ1) is 8.21. The summed E-state index contributed by atoms with van der Waals surface area (Å²) >= 11 is 0. The molecule has 2 aliphatic carbocycles. The van der Waals surface area contributed by atoms with Gasteiger partial charge in [0.15, 0.2) is 12.0 Å². The van der Waals surface area contributed by atoms with Gasteiger partial charge in [0.25, 0.3) is 0 Å². The fourth-order valence-electron chi connectivity index (χ4n) is 2.82. The zero-order valence-electron chi connectivity index (χ0n) is 7.48. The molecule has 2 heteroatoms. The Bertz CT molecular complexity index is 214. The van der Waals surface area contributed by atoms with Crippen LogP contribution in [0.5, 0.6) is 0 Å². The van der Waals surface area contributed by atoms with Crippen LogP contribution in [-0.2, 0) is 4.79 Å². The quantitative estimate of drug-likeness (QED) is 0.546. The van der Waals surface area contributed by atoms with E-state index in [2.05, 4.69) is 6.92 Å². The SMILES string of the molecule is C[C@@]12CCC[C@H]1CC(=O)[C@H](F)C2. The smallest absolute Gasteiger partial charge is 0.167 e. The zero-order chi connectivity index (χ0) is 8.77. The molecule has 3 atom stereocenters. The third-order valence-corrected chi connectivity index (χ3v) is 3.73. The van der Waals surface area contributed by atoms with Crippen molar-refractivity contribution < 1.29 is 9.18 Å². The van der Waals surface area contributed by atoms with Crippen LogP contribution in [0.25, 0.3) is 0 Å². The van der Waals surface area contributed by atoms with E-state index in [0.717, 1.165) is 12.8 Å². The normalized spacial score (nSPS) is 47.7. The highest BCUT2D eigenvalue weighted by atomic mass is 19.1. The molecule has 2 fully saturated rings. The van der Waals surface area contributed by atoms with Crippen molar-refractivity contribution in [1.82, 2.24) is 0 Å². The van der Waals surface area contributed by atoms with Crippen LogP contribution < -0.4 is 0 Å². The molecule has 0 unspecified atom stereocenters. The number of hydrogen-bond acceptors (Lipinski definition) is 1. The van der Waals surface area contributed by atoms with Crippen molar-refractivity contribution in [3.05, 3.63) is 0 Å². The first-order chi connectivity index (χ1) is 5.62. The van der Waals surface area contributed by atoms with E-state index in [0.29, 0.717) is 18.8 Å². The maximum Gasteiger partial charge on any atom is 0.167 e. The van der Waals surface area contributed by atoms with E-state index in [4.69, 9.17) is 0 Å². The van der Waals surface area contributed by atoms with Gasteiger partial charge in [-0.15, -0.1) is 0 Å². The summed E-state index contributed by atoms with van der Waals surface area (Å²) in [6.45, 7) is 2.14. The van der Waals surface area contributed by atoms with Gasteiger partial charge in [-0.05, 0) is 30.6 Å². The topological polar surface area (TPSA) is 17.1 Å². The lowest BCUT2D eigenvalue weighted by atomic mass is 9.68. The van der Waals surface area contributed by atoms with Gasteiger partial charge in [-0.1, -0.05) is 13.3 Å². The standard InChI is InChI=1S/C10H15FO/c1-10-4-2-3-7(10)5-9(12)8(11)6-10/h7-8H,2-6H2,1H3/t7-,8+,10-/m0/s1. The number of ketones is 1. The highest BCUT2D eigenvalue weighted by Gasteiger charge is 2.46. The molecule has 2 saturated carbocycles. The molecule has 2 rings (SSSR count). The Morgan fingerprint density at radius 1 is 1.58 bits per heavy atom. The van der Waals surface area contributed by atoms with Crippen molar-refractivity contribution in [2.75, 3.05) is 0 Å². The van der Waals surface area contributed by atoms with E-state index in [1.54, 1.807) is 0 Å². The van der Waals surface area contributed by atoms with Crippen LogP contribution in [0, 0.1) is 11.3 Å². The van der Waals surface area contributed by atoms with Crippen LogP contribution in [0.2, 0.25) is 0 Å². The largest absolute Gasteiger partial charge is 0.296 e. The van der Waals surface area contributed by atoms with Gasteiger partial charge in [0.05, 0.1) is 0 Å². The second-order valence-corrected chi connectivity index (χ2v) is 4.59. The van der Waals surface area contributed by atoms with Gasteiger partial charge in [0.2, 0.25) is 0 Å². The van der Waals surface area contributed by atoms with Crippen molar-refractivity contribution in [2.45, 2.75) is 45.2 Å². The Kier molecular flexibility index (Phi) is 1.74. The van der Waals surface area contributed by atoms with Crippen LogP contribution in [0.15, 0.2) is 0 Å². The lowest BCUT2D eigenvalue weighted by Crippen LogP contribution is -2.37. The summed E-state index contributed by atoms with van der Waals surface area (Å²) in [4.78, 5) is 11.1. The molecule has 12 heavy (non-hydrogen) atoms. The lowest BCUT2D eigenvalue weighted by Gasteiger charge is -2.36. The molecule has 0 bridgehead atoms. The van der Waals surface area contributed by atoms with Gasteiger partial charge in [-0.3, -0.25) is 4.79 Å². The number of fused-ring (bicyclic) bond motifs is 1. The van der Waals surface area contributed by atoms with Gasteiger partial charge < -0.3 is 0 Å². The number of hydrogen-bond donors (Lipinski definition) is 0. The lowest BCUT2D eigenvalue weighted by molar-refractivity contribution is -0.130. The molecule has 0 aromatic rings. The number of Topliss-reactive ketones (excluding diaryl/α,β-unsaturated/α-hetero) is 1. The Morgan fingerprint density at radius 2 is 2.33 bits per heavy atom. The third-order valence-electron chi connectivity index (χ3n) is 3.73. The molecule has 0 spiro atoms. The fraction of sp³-hybridized carbons (Fsp3) is 0.900. The Hall–Kier alpha value is -0.400. The van der Waals surface area contributed by atoms with Gasteiger partial charge in [0.1, 0.15) is 0 Å². The Balaban J connectivity index is 2.17. The Morgan fingerprint density at radius 3 is 3.08 bits per heavy atom. The van der Waals surface area contributed by atoms with Gasteiger partial charge in [0, 0.05) is 6.42 Å². The molecule has 68 valence electrons. The van der Waals surface area contributed by atoms with Crippen molar-refractivity contribution in [2.24, 2.45) is 11.3 Å². The van der Waals surface area contributed by atoms with E-state index in [-0.39, 0.29) is 11.2 Å². The summed E-state index contributed by atoms with van der Waals surface area (Å²) in [5.74, 6) is 0.330. The molecular weight excluding hydrogens is 155 g/mol. The second-order valence-electron chi connectivity index (χ2n) is 4.59. The van der Waals surface area contributed by atoms with Crippen molar-refractivity contribution in [1.29, 1.82) is 0 Å². The molecule has 1 nitrogen and oxygen atoms in total. The number of carbonyl (C=O) groups is 1. The average molecular weight is 170 g/mol. The van der Waals surface area contributed by atoms with E-state index < -0.39 is 6.17 Å². The van der Waals surface area contributed by atoms with E-state index in [9.17, 15) is 9.18 Å². The molecule has 0 saturated heterocycles. The number of halogens is 1. The Labute approximate surface area is 72.3 Å². The molecule has 0 aromatic carbocycles. The summed E-state index contributed by atoms with van der Waals surface area (Å²) in [7, 11) is 0. The maximum absolute atomic E-state index is 13.1. The van der Waals surface area contributed by atoms with Crippen LogP contribution in [0.4, 0.5) is 4.39 Å². The second kappa shape index (κ2) is 2.54. The minimum absolute atomic E-state index is 0.146. The fourth-order valence-corrected chi connectivity index (χ4v) is 2.82. The molecule has 0 heterocycles. The predicted molar refractivity (Wildman–Crippen MR) is 44.6 cm³/mol. The van der Waals surface area contributed by atoms with Crippen molar-refractivity contribution >= 4 is 5.78 Å². The summed E-state index contributed by atoms with van der Waals surface area (Å²) in [5, 5.41) is 0. The van der Waals surface area contributed by atoms with Crippen molar-refractivity contribution in [3.8, 4) is 0 Å². The monoisotopic (exact) mass is 170 g/mol. The predicted octanol–water partition coefficient (Wildman–Crippen LogP) is 2.49. The number of carbonyl (C=O) groups excluding carboxylic acids is 1. The highest BCUT2D eigenvalue weighted by Crippen LogP contribution is 2.51. The summed E-state index contributed by atoms with van der Waals surface area (Å²) in [5.41, 5.74) is 0.146. The molecule has 2 aliphatic rings. The first-order valence-electron chi connectivity index (χ1n) is 4.79.